The summed E-state index contributed by atoms with van der Waals surface area (Å²) >= 11 is 6.62. The van der Waals surface area contributed by atoms with Gasteiger partial charge in [-0.1, -0.05) is 11.6 Å². The number of amides is 4. The number of nitrogens with zero attached hydrogens (tertiary/aromatic N) is 7. The van der Waals surface area contributed by atoms with E-state index in [1.54, 1.807) is 28.8 Å². The van der Waals surface area contributed by atoms with Crippen LogP contribution in [0.25, 0.3) is 10.9 Å². The number of imide groups is 1. The van der Waals surface area contributed by atoms with Crippen LogP contribution in [-0.2, 0) is 20.9 Å². The number of piperidine rings is 1. The normalized spacial score (nSPS) is 20.1. The van der Waals surface area contributed by atoms with Crippen LogP contribution in [0.3, 0.4) is 0 Å². The molecule has 5 aliphatic rings. The molecule has 4 aliphatic heterocycles. The molecule has 1 atom stereocenters. The number of hydrogen-bond acceptors (Lipinski definition) is 13. The van der Waals surface area contributed by atoms with Gasteiger partial charge in [0.25, 0.3) is 17.4 Å². The number of ether oxygens (including phenoxy) is 2. The maximum Gasteiger partial charge on any atom is 0.293 e. The molecule has 1 unspecified atom stereocenters. The summed E-state index contributed by atoms with van der Waals surface area (Å²) < 4.78 is 13.2. The van der Waals surface area contributed by atoms with Crippen molar-refractivity contribution in [3.63, 3.8) is 0 Å². The summed E-state index contributed by atoms with van der Waals surface area (Å²) in [6.45, 7) is 10.3. The van der Waals surface area contributed by atoms with Crippen molar-refractivity contribution in [2.45, 2.75) is 71.0 Å². The van der Waals surface area contributed by atoms with Crippen molar-refractivity contribution in [3.8, 4) is 11.5 Å². The van der Waals surface area contributed by atoms with Crippen molar-refractivity contribution in [2.24, 2.45) is 11.3 Å². The molecular formula is C46H55ClN10O7. The Morgan fingerprint density at radius 1 is 1.00 bits per heavy atom. The predicted molar refractivity (Wildman–Crippen MR) is 243 cm³/mol. The Labute approximate surface area is 376 Å². The number of benzene rings is 2. The van der Waals surface area contributed by atoms with Crippen molar-refractivity contribution in [3.05, 3.63) is 69.1 Å². The van der Waals surface area contributed by atoms with Gasteiger partial charge in [-0.05, 0) is 88.3 Å². The first-order valence-corrected chi connectivity index (χ1v) is 22.6. The third kappa shape index (κ3) is 8.30. The number of piperazine rings is 1. The van der Waals surface area contributed by atoms with Crippen molar-refractivity contribution in [1.82, 2.24) is 35.0 Å². The number of carbonyl (C=O) groups excluding carboxylic acids is 4. The van der Waals surface area contributed by atoms with E-state index in [4.69, 9.17) is 26.1 Å². The maximum absolute atomic E-state index is 13.4. The van der Waals surface area contributed by atoms with Gasteiger partial charge in [0.1, 0.15) is 16.8 Å². The molecule has 18 heteroatoms. The van der Waals surface area contributed by atoms with E-state index in [1.807, 2.05) is 44.2 Å². The number of methoxy groups -OCH3 is 1. The third-order valence-electron chi connectivity index (χ3n) is 13.7. The largest absolute Gasteiger partial charge is 0.494 e. The smallest absolute Gasteiger partial charge is 0.293 e. The average molecular weight is 895 g/mol. The summed E-state index contributed by atoms with van der Waals surface area (Å²) in [4.78, 5) is 81.0. The van der Waals surface area contributed by atoms with Crippen LogP contribution in [0, 0.1) is 11.3 Å². The number of rotatable bonds is 12. The fourth-order valence-electron chi connectivity index (χ4n) is 10.3. The number of anilines is 4. The monoisotopic (exact) mass is 894 g/mol. The molecule has 0 bridgehead atoms. The summed E-state index contributed by atoms with van der Waals surface area (Å²) in [5.41, 5.74) is 3.80. The zero-order chi connectivity index (χ0) is 44.9. The molecule has 3 saturated heterocycles. The Balaban J connectivity index is 0.773. The van der Waals surface area contributed by atoms with Crippen LogP contribution in [0.4, 0.5) is 23.1 Å². The van der Waals surface area contributed by atoms with Gasteiger partial charge in [0.2, 0.25) is 17.8 Å². The molecule has 4 aromatic rings. The van der Waals surface area contributed by atoms with Gasteiger partial charge in [0, 0.05) is 92.9 Å². The Hall–Kier alpha value is -5.94. The first kappa shape index (κ1) is 43.3. The lowest BCUT2D eigenvalue weighted by Gasteiger charge is -2.55. The Morgan fingerprint density at radius 2 is 1.77 bits per heavy atom. The van der Waals surface area contributed by atoms with Crippen LogP contribution in [0.2, 0.25) is 5.02 Å². The molecule has 6 heterocycles. The SMILES string of the molecule is CNC(=O)COc1cc2cc(Nc3nc(N4CCN(CC5CCC6(CC5)CN(c5ccc7c(c5OC)CN(C5CCC(=O)NC5=O)C7=O)C6)CC4)ncc3Cl)ccc2n(C(C)C)c1=O. The molecule has 2 aromatic heterocycles. The Morgan fingerprint density at radius 3 is 2.47 bits per heavy atom. The lowest BCUT2D eigenvalue weighted by atomic mass is 9.65. The summed E-state index contributed by atoms with van der Waals surface area (Å²) in [5.74, 6) is 1.29. The van der Waals surface area contributed by atoms with Crippen molar-refractivity contribution in [2.75, 3.05) is 81.7 Å². The van der Waals surface area contributed by atoms with Gasteiger partial charge >= 0.3 is 0 Å². The number of nitrogens with one attached hydrogen (secondary N) is 3. The van der Waals surface area contributed by atoms with Gasteiger partial charge in [0.05, 0.1) is 31.1 Å². The number of aromatic nitrogens is 3. The van der Waals surface area contributed by atoms with Crippen molar-refractivity contribution in [1.29, 1.82) is 0 Å². The molecule has 64 heavy (non-hydrogen) atoms. The van der Waals surface area contributed by atoms with E-state index in [1.165, 1.54) is 32.7 Å². The highest BCUT2D eigenvalue weighted by molar-refractivity contribution is 6.33. The third-order valence-corrected chi connectivity index (χ3v) is 14.0. The summed E-state index contributed by atoms with van der Waals surface area (Å²) in [6, 6.07) is 10.4. The molecule has 1 saturated carbocycles. The molecule has 1 aliphatic carbocycles. The van der Waals surface area contributed by atoms with Gasteiger partial charge < -0.3 is 39.4 Å². The number of fused-ring (bicyclic) bond motifs is 2. The predicted octanol–water partition coefficient (Wildman–Crippen LogP) is 4.48. The molecule has 1 spiro atoms. The van der Waals surface area contributed by atoms with E-state index < -0.39 is 11.9 Å². The summed E-state index contributed by atoms with van der Waals surface area (Å²) in [5, 5.41) is 9.38. The summed E-state index contributed by atoms with van der Waals surface area (Å²) in [6.07, 6.45) is 6.91. The van der Waals surface area contributed by atoms with Crippen LogP contribution in [0.15, 0.2) is 47.4 Å². The summed E-state index contributed by atoms with van der Waals surface area (Å²) in [7, 11) is 3.16. The minimum Gasteiger partial charge on any atom is -0.494 e. The fourth-order valence-corrected chi connectivity index (χ4v) is 10.4. The highest BCUT2D eigenvalue weighted by Gasteiger charge is 2.47. The number of pyridine rings is 1. The minimum absolute atomic E-state index is 0.0967. The number of hydrogen-bond donors (Lipinski definition) is 3. The minimum atomic E-state index is -0.661. The highest BCUT2D eigenvalue weighted by Crippen LogP contribution is 2.50. The first-order valence-electron chi connectivity index (χ1n) is 22.2. The fraction of sp³-hybridized carbons (Fsp3) is 0.500. The second kappa shape index (κ2) is 17.6. The molecule has 4 fully saturated rings. The van der Waals surface area contributed by atoms with E-state index in [2.05, 4.69) is 35.6 Å². The molecule has 338 valence electrons. The average Bonchev–Trinajstić information content (AvgIpc) is 3.61. The topological polar surface area (TPSA) is 184 Å². The van der Waals surface area contributed by atoms with Crippen molar-refractivity contribution >= 4 is 69.3 Å². The Kier molecular flexibility index (Phi) is 11.9. The lowest BCUT2D eigenvalue weighted by Crippen LogP contribution is -2.58. The molecule has 0 radical (unpaired) electrons. The van der Waals surface area contributed by atoms with Crippen LogP contribution in [-0.4, -0.2) is 121 Å². The molecule has 3 N–H and O–H groups in total. The molecule has 9 rings (SSSR count). The van der Waals surface area contributed by atoms with Gasteiger partial charge in [0.15, 0.2) is 18.2 Å². The van der Waals surface area contributed by atoms with Crippen LogP contribution in [0.5, 0.6) is 11.5 Å². The number of halogens is 1. The Bertz CT molecular complexity index is 2560. The van der Waals surface area contributed by atoms with Gasteiger partial charge in [-0.3, -0.25) is 34.2 Å². The van der Waals surface area contributed by atoms with E-state index in [0.29, 0.717) is 40.4 Å². The van der Waals surface area contributed by atoms with Crippen LogP contribution < -0.4 is 40.8 Å². The zero-order valence-corrected chi connectivity index (χ0v) is 37.5. The van der Waals surface area contributed by atoms with Crippen molar-refractivity contribution < 1.29 is 28.7 Å². The zero-order valence-electron chi connectivity index (χ0n) is 36.7. The lowest BCUT2D eigenvalue weighted by molar-refractivity contribution is -0.137. The van der Waals surface area contributed by atoms with Gasteiger partial charge in [-0.15, -0.1) is 0 Å². The second-order valence-corrected chi connectivity index (χ2v) is 18.5. The second-order valence-electron chi connectivity index (χ2n) is 18.1. The van der Waals surface area contributed by atoms with E-state index >= 15 is 0 Å². The molecule has 17 nitrogen and oxygen atoms in total. The van der Waals surface area contributed by atoms with E-state index in [-0.39, 0.29) is 60.1 Å². The van der Waals surface area contributed by atoms with Crippen LogP contribution >= 0.6 is 11.6 Å². The molecular weight excluding hydrogens is 840 g/mol. The van der Waals surface area contributed by atoms with E-state index in [9.17, 15) is 24.0 Å². The van der Waals surface area contributed by atoms with Gasteiger partial charge in [-0.25, -0.2) is 4.98 Å². The standard InChI is InChI=1S/C46H55ClN10O7/c1-27(2)57-34-7-5-30(19-29(34)20-37(44(57)62)64-24-39(59)48-3)50-41-33(47)21-49-45(52-41)54-17-15-53(16-18-54)22-28-11-13-46(14-12-28)25-55(26-46)35-8-6-31-32(40(35)63-4)23-56(43(31)61)36-9-10-38(58)51-42(36)60/h5-8,19-21,27-28,36H,9-18,22-26H2,1-4H3,(H,48,59)(H,49,50,52)(H,51,58,60). The maximum atomic E-state index is 13.4. The van der Waals surface area contributed by atoms with Crippen LogP contribution in [0.1, 0.15) is 74.3 Å². The van der Waals surface area contributed by atoms with E-state index in [0.717, 1.165) is 73.7 Å². The molecule has 2 aromatic carbocycles. The number of likely N-dealkylation sites (N-methyl/N-ethyl adjacent to an activating group) is 1. The molecule has 4 amide bonds. The first-order chi connectivity index (χ1) is 30.8. The highest BCUT2D eigenvalue weighted by atomic mass is 35.5. The quantitative estimate of drug-likeness (QED) is 0.170. The number of carbonyl (C=O) groups is 4. The van der Waals surface area contributed by atoms with Gasteiger partial charge in [-0.2, -0.15) is 4.98 Å².